The van der Waals surface area contributed by atoms with Gasteiger partial charge in [0.15, 0.2) is 0 Å². The van der Waals surface area contributed by atoms with Gasteiger partial charge in [-0.2, -0.15) is 0 Å². The molecule has 7 heavy (non-hydrogen) atoms. The molecule has 0 atom stereocenters. The van der Waals surface area contributed by atoms with Crippen LogP contribution < -0.4 is 12.4 Å². The molecule has 0 amide bonds. The van der Waals surface area contributed by atoms with Gasteiger partial charge in [0, 0.05) is 16.8 Å². The fraction of sp³-hybridized carbons (Fsp3) is 1.00. The Morgan fingerprint density at radius 3 is 1.14 bits per heavy atom. The van der Waals surface area contributed by atoms with Crippen molar-refractivity contribution in [1.29, 1.82) is 0 Å². The summed E-state index contributed by atoms with van der Waals surface area (Å²) < 4.78 is 0. The SMILES string of the molecule is CC(C)(C)O.[Cl-].[Co]. The molecule has 0 spiro atoms. The maximum absolute atomic E-state index is 8.52. The second kappa shape index (κ2) is 4.90. The molecule has 0 unspecified atom stereocenters. The molecule has 0 saturated carbocycles. The Morgan fingerprint density at radius 2 is 1.14 bits per heavy atom. The first-order chi connectivity index (χ1) is 2.00. The van der Waals surface area contributed by atoms with E-state index in [2.05, 4.69) is 0 Å². The molecule has 0 aromatic rings. The van der Waals surface area contributed by atoms with Crippen LogP contribution in [0, 0.1) is 0 Å². The summed E-state index contributed by atoms with van der Waals surface area (Å²) in [6.07, 6.45) is 0. The van der Waals surface area contributed by atoms with Crippen molar-refractivity contribution in [1.82, 2.24) is 0 Å². The van der Waals surface area contributed by atoms with E-state index in [1.54, 1.807) is 20.8 Å². The number of aliphatic hydroxyl groups is 1. The van der Waals surface area contributed by atoms with Gasteiger partial charge >= 0.3 is 0 Å². The van der Waals surface area contributed by atoms with Crippen LogP contribution in [0.3, 0.4) is 0 Å². The van der Waals surface area contributed by atoms with Crippen LogP contribution in [0.2, 0.25) is 0 Å². The summed E-state index contributed by atoms with van der Waals surface area (Å²) in [6, 6.07) is 0. The minimum atomic E-state index is -0.500. The fourth-order valence-corrected chi connectivity index (χ4v) is 0. The first-order valence-corrected chi connectivity index (χ1v) is 1.72. The van der Waals surface area contributed by atoms with E-state index in [0.29, 0.717) is 0 Å². The zero-order chi connectivity index (χ0) is 4.50. The second-order valence-electron chi connectivity index (χ2n) is 2.17. The summed E-state index contributed by atoms with van der Waals surface area (Å²) in [5, 5.41) is 8.52. The van der Waals surface area contributed by atoms with Gasteiger partial charge in [-0.3, -0.25) is 0 Å². The van der Waals surface area contributed by atoms with Gasteiger partial charge < -0.3 is 17.5 Å². The summed E-state index contributed by atoms with van der Waals surface area (Å²) in [5.41, 5.74) is -0.500. The van der Waals surface area contributed by atoms with E-state index in [4.69, 9.17) is 5.11 Å². The van der Waals surface area contributed by atoms with Crippen molar-refractivity contribution in [2.24, 2.45) is 0 Å². The molecule has 0 aliphatic carbocycles. The normalized spacial score (nSPS) is 8.57. The van der Waals surface area contributed by atoms with E-state index in [1.165, 1.54) is 0 Å². The van der Waals surface area contributed by atoms with Gasteiger partial charge in [-0.05, 0) is 20.8 Å². The van der Waals surface area contributed by atoms with E-state index in [1.807, 2.05) is 0 Å². The van der Waals surface area contributed by atoms with Crippen LogP contribution in [0.4, 0.5) is 0 Å². The van der Waals surface area contributed by atoms with Crippen molar-refractivity contribution in [2.75, 3.05) is 0 Å². The molecule has 0 aromatic carbocycles. The van der Waals surface area contributed by atoms with Crippen molar-refractivity contribution in [3.05, 3.63) is 0 Å². The molecule has 0 aliphatic heterocycles. The van der Waals surface area contributed by atoms with Gasteiger partial charge in [-0.25, -0.2) is 0 Å². The molecule has 1 radical (unpaired) electrons. The zero-order valence-electron chi connectivity index (χ0n) is 4.66. The topological polar surface area (TPSA) is 20.2 Å². The molecule has 1 N–H and O–H groups in total. The molecular formula is C4H10ClCoO-. The van der Waals surface area contributed by atoms with Crippen LogP contribution in [0.15, 0.2) is 0 Å². The Hall–Kier alpha value is 0.756. The standard InChI is InChI=1S/C4H10O.ClH.Co/c1-4(2,3)5;;/h5H,1-3H3;1H;/p-1. The summed E-state index contributed by atoms with van der Waals surface area (Å²) in [6.45, 7) is 5.23. The molecule has 0 saturated heterocycles. The Bertz CT molecular complexity index is 27.2. The summed E-state index contributed by atoms with van der Waals surface area (Å²) in [5.74, 6) is 0. The molecule has 0 fully saturated rings. The molecule has 49 valence electrons. The average Bonchev–Trinajstić information content (AvgIpc) is 0.722. The second-order valence-corrected chi connectivity index (χ2v) is 2.17. The van der Waals surface area contributed by atoms with Crippen molar-refractivity contribution in [3.63, 3.8) is 0 Å². The Kier molecular flexibility index (Phi) is 11.0. The van der Waals surface area contributed by atoms with E-state index >= 15 is 0 Å². The first-order valence-electron chi connectivity index (χ1n) is 1.72. The summed E-state index contributed by atoms with van der Waals surface area (Å²) in [4.78, 5) is 0. The van der Waals surface area contributed by atoms with Gasteiger partial charge in [-0.1, -0.05) is 0 Å². The maximum Gasteiger partial charge on any atom is 0.0563 e. The minimum absolute atomic E-state index is 0. The number of hydrogen-bond acceptors (Lipinski definition) is 1. The smallest absolute Gasteiger partial charge is 0.0563 e. The fourth-order valence-electron chi connectivity index (χ4n) is 0. The third kappa shape index (κ3) is 267. The van der Waals surface area contributed by atoms with E-state index in [9.17, 15) is 0 Å². The third-order valence-corrected chi connectivity index (χ3v) is 0. The van der Waals surface area contributed by atoms with Crippen LogP contribution >= 0.6 is 0 Å². The van der Waals surface area contributed by atoms with Crippen molar-refractivity contribution >= 4 is 0 Å². The van der Waals surface area contributed by atoms with Gasteiger partial charge in [-0.15, -0.1) is 0 Å². The molecule has 0 bridgehead atoms. The van der Waals surface area contributed by atoms with Crippen LogP contribution in [0.5, 0.6) is 0 Å². The monoisotopic (exact) mass is 168 g/mol. The summed E-state index contributed by atoms with van der Waals surface area (Å²) in [7, 11) is 0. The Morgan fingerprint density at radius 1 is 1.14 bits per heavy atom. The summed E-state index contributed by atoms with van der Waals surface area (Å²) >= 11 is 0. The molecule has 0 rings (SSSR count). The van der Waals surface area contributed by atoms with Crippen molar-refractivity contribution in [2.45, 2.75) is 26.4 Å². The zero-order valence-corrected chi connectivity index (χ0v) is 6.46. The minimum Gasteiger partial charge on any atom is -1.00 e. The number of rotatable bonds is 0. The van der Waals surface area contributed by atoms with Crippen LogP contribution in [-0.2, 0) is 16.8 Å². The number of halogens is 1. The molecule has 0 aromatic heterocycles. The largest absolute Gasteiger partial charge is 1.00 e. The van der Waals surface area contributed by atoms with Crippen molar-refractivity contribution < 1.29 is 34.3 Å². The van der Waals surface area contributed by atoms with Gasteiger partial charge in [0.05, 0.1) is 5.60 Å². The van der Waals surface area contributed by atoms with Crippen LogP contribution in [0.1, 0.15) is 20.8 Å². The Labute approximate surface area is 61.1 Å². The quantitative estimate of drug-likeness (QED) is 0.435. The predicted octanol–water partition coefficient (Wildman–Crippen LogP) is -2.22. The Balaban J connectivity index is -0.0000000800. The van der Waals surface area contributed by atoms with Gasteiger partial charge in [0.25, 0.3) is 0 Å². The van der Waals surface area contributed by atoms with Gasteiger partial charge in [0.2, 0.25) is 0 Å². The van der Waals surface area contributed by atoms with E-state index in [-0.39, 0.29) is 29.2 Å². The van der Waals surface area contributed by atoms with E-state index < -0.39 is 5.60 Å². The van der Waals surface area contributed by atoms with E-state index in [0.717, 1.165) is 0 Å². The molecular weight excluding hydrogens is 158 g/mol. The molecule has 3 heteroatoms. The first kappa shape index (κ1) is 15.7. The van der Waals surface area contributed by atoms with Gasteiger partial charge in [0.1, 0.15) is 0 Å². The third-order valence-electron chi connectivity index (χ3n) is 0. The molecule has 0 aliphatic rings. The predicted molar refractivity (Wildman–Crippen MR) is 22.0 cm³/mol. The van der Waals surface area contributed by atoms with Crippen molar-refractivity contribution in [3.8, 4) is 0 Å². The number of hydrogen-bond donors (Lipinski definition) is 1. The maximum atomic E-state index is 8.52. The molecule has 1 nitrogen and oxygen atoms in total. The van der Waals surface area contributed by atoms with Crippen LogP contribution in [-0.4, -0.2) is 10.7 Å². The average molecular weight is 169 g/mol. The van der Waals surface area contributed by atoms with Crippen LogP contribution in [0.25, 0.3) is 0 Å². The molecule has 0 heterocycles.